The van der Waals surface area contributed by atoms with Crippen LogP contribution in [0.15, 0.2) is 71.5 Å². The summed E-state index contributed by atoms with van der Waals surface area (Å²) in [7, 11) is 0. The molecule has 9 heteroatoms. The highest BCUT2D eigenvalue weighted by Gasteiger charge is 2.69. The Morgan fingerprint density at radius 2 is 1.69 bits per heavy atom. The molecule has 1 N–H and O–H groups in total. The molecule has 4 aromatic rings. The van der Waals surface area contributed by atoms with Crippen LogP contribution in [-0.4, -0.2) is 27.4 Å². The van der Waals surface area contributed by atoms with Crippen LogP contribution in [0.1, 0.15) is 31.7 Å². The Morgan fingerprint density at radius 3 is 2.46 bits per heavy atom. The number of hydrogen-bond donors (Lipinski definition) is 1. The minimum atomic E-state index is -1.16. The second-order valence-corrected chi connectivity index (χ2v) is 11.7. The monoisotopic (exact) mass is 558 g/mol. The lowest BCUT2D eigenvalue weighted by atomic mass is 9.75. The van der Waals surface area contributed by atoms with Gasteiger partial charge in [0.1, 0.15) is 11.4 Å². The van der Waals surface area contributed by atoms with Crippen molar-refractivity contribution in [2.75, 3.05) is 4.90 Å². The highest BCUT2D eigenvalue weighted by Crippen LogP contribution is 2.56. The molecule has 2 saturated heterocycles. The molecular formula is C30H24Cl2N4O3. The summed E-state index contributed by atoms with van der Waals surface area (Å²) in [5.74, 6) is -1.43. The van der Waals surface area contributed by atoms with Crippen LogP contribution in [-0.2, 0) is 15.1 Å². The predicted molar refractivity (Wildman–Crippen MR) is 150 cm³/mol. The topological polar surface area (TPSA) is 84.3 Å². The minimum absolute atomic E-state index is 0.205. The van der Waals surface area contributed by atoms with Gasteiger partial charge in [0.15, 0.2) is 0 Å². The second kappa shape index (κ2) is 8.49. The zero-order valence-corrected chi connectivity index (χ0v) is 22.7. The third kappa shape index (κ3) is 3.21. The molecule has 0 aliphatic carbocycles. The minimum Gasteiger partial charge on any atom is -0.297 e. The van der Waals surface area contributed by atoms with Crippen molar-refractivity contribution < 1.29 is 9.59 Å². The van der Waals surface area contributed by atoms with Crippen LogP contribution in [0.3, 0.4) is 0 Å². The van der Waals surface area contributed by atoms with E-state index in [-0.39, 0.29) is 34.4 Å². The SMILES string of the molecule is CC(C)C[C@H]1N[C@]2(c3ccccc3-n3c2nc2ccccc2c3=O)[C@H]2C(=O)N(c3ccc(Cl)c(Cl)c3)C(=O)[C@@H]12. The molecule has 0 radical (unpaired) electrons. The van der Waals surface area contributed by atoms with E-state index in [2.05, 4.69) is 19.2 Å². The highest BCUT2D eigenvalue weighted by molar-refractivity contribution is 6.42. The smallest absolute Gasteiger partial charge is 0.266 e. The van der Waals surface area contributed by atoms with Gasteiger partial charge in [0, 0.05) is 11.6 Å². The predicted octanol–water partition coefficient (Wildman–Crippen LogP) is 5.07. The normalized spacial score (nSPS) is 25.2. The lowest BCUT2D eigenvalue weighted by Crippen LogP contribution is -2.50. The van der Waals surface area contributed by atoms with Crippen molar-refractivity contribution in [2.24, 2.45) is 17.8 Å². The average molecular weight is 559 g/mol. The number of rotatable bonds is 3. The van der Waals surface area contributed by atoms with Crippen molar-refractivity contribution in [3.05, 3.63) is 98.5 Å². The summed E-state index contributed by atoms with van der Waals surface area (Å²) in [6, 6.07) is 19.2. The van der Waals surface area contributed by atoms with E-state index in [0.717, 1.165) is 5.56 Å². The number of benzene rings is 3. The molecule has 7 rings (SSSR count). The lowest BCUT2D eigenvalue weighted by molar-refractivity contribution is -0.123. The average Bonchev–Trinajstić information content (AvgIpc) is 3.49. The van der Waals surface area contributed by atoms with Gasteiger partial charge in [0.2, 0.25) is 11.8 Å². The first-order chi connectivity index (χ1) is 18.7. The molecule has 2 amide bonds. The first-order valence-corrected chi connectivity index (χ1v) is 13.7. The number of para-hydroxylation sites is 2. The maximum Gasteiger partial charge on any atom is 0.266 e. The van der Waals surface area contributed by atoms with Crippen molar-refractivity contribution >= 4 is 51.6 Å². The number of carbonyl (C=O) groups excluding carboxylic acids is 2. The van der Waals surface area contributed by atoms with Gasteiger partial charge in [0.05, 0.1) is 44.2 Å². The number of amides is 2. The Balaban J connectivity index is 1.51. The van der Waals surface area contributed by atoms with Crippen molar-refractivity contribution in [1.82, 2.24) is 14.9 Å². The van der Waals surface area contributed by atoms with Gasteiger partial charge in [-0.05, 0) is 48.7 Å². The summed E-state index contributed by atoms with van der Waals surface area (Å²) in [4.78, 5) is 48.7. The number of carbonyl (C=O) groups is 2. The zero-order chi connectivity index (χ0) is 27.2. The van der Waals surface area contributed by atoms with E-state index in [1.807, 2.05) is 36.4 Å². The van der Waals surface area contributed by atoms with Crippen LogP contribution in [0.25, 0.3) is 16.6 Å². The summed E-state index contributed by atoms with van der Waals surface area (Å²) in [5, 5.41) is 4.81. The Morgan fingerprint density at radius 1 is 0.949 bits per heavy atom. The van der Waals surface area contributed by atoms with Crippen LogP contribution < -0.4 is 15.8 Å². The summed E-state index contributed by atoms with van der Waals surface area (Å²) in [5.41, 5.74) is 0.987. The zero-order valence-electron chi connectivity index (χ0n) is 21.2. The molecule has 1 spiro atoms. The molecular weight excluding hydrogens is 535 g/mol. The fraction of sp³-hybridized carbons (Fsp3) is 0.267. The lowest BCUT2D eigenvalue weighted by Gasteiger charge is -2.32. The van der Waals surface area contributed by atoms with Gasteiger partial charge in [-0.15, -0.1) is 0 Å². The van der Waals surface area contributed by atoms with E-state index in [9.17, 15) is 14.4 Å². The molecule has 0 bridgehead atoms. The fourth-order valence-electron chi connectivity index (χ4n) is 6.81. The Bertz CT molecular complexity index is 1780. The number of fused-ring (bicyclic) bond motifs is 8. The molecule has 3 aromatic carbocycles. The molecule has 4 atom stereocenters. The van der Waals surface area contributed by atoms with E-state index >= 15 is 0 Å². The van der Waals surface area contributed by atoms with Crippen molar-refractivity contribution in [3.8, 4) is 5.69 Å². The third-order valence-electron chi connectivity index (χ3n) is 8.25. The standard InChI is InChI=1S/C30H24Cl2N4O3/c1-15(2)13-22-24-25(28(39)35(27(24)38)16-11-12-19(31)20(32)14-16)30(34-22)18-8-4-6-10-23(18)36-26(37)17-7-3-5-9-21(17)33-29(30)36/h3-12,14-15,22,24-25,34H,13H2,1-2H3/t22-,24+,25-,30-/m1/s1. The molecule has 3 aliphatic heterocycles. The quantitative estimate of drug-likeness (QED) is 0.355. The number of imide groups is 1. The van der Waals surface area contributed by atoms with E-state index < -0.39 is 17.4 Å². The third-order valence-corrected chi connectivity index (χ3v) is 8.99. The summed E-state index contributed by atoms with van der Waals surface area (Å²) in [6.07, 6.45) is 0.664. The summed E-state index contributed by atoms with van der Waals surface area (Å²) in [6.45, 7) is 4.18. The van der Waals surface area contributed by atoms with Gasteiger partial charge < -0.3 is 0 Å². The van der Waals surface area contributed by atoms with E-state index in [1.54, 1.807) is 34.9 Å². The Hall–Kier alpha value is -3.52. The summed E-state index contributed by atoms with van der Waals surface area (Å²) < 4.78 is 1.61. The molecule has 196 valence electrons. The fourth-order valence-corrected chi connectivity index (χ4v) is 7.10. The molecule has 7 nitrogen and oxygen atoms in total. The maximum absolute atomic E-state index is 14.4. The molecule has 39 heavy (non-hydrogen) atoms. The first kappa shape index (κ1) is 24.5. The Kier molecular flexibility index (Phi) is 5.34. The van der Waals surface area contributed by atoms with Gasteiger partial charge >= 0.3 is 0 Å². The van der Waals surface area contributed by atoms with Gasteiger partial charge in [-0.25, -0.2) is 9.88 Å². The largest absolute Gasteiger partial charge is 0.297 e. The Labute approximate surface area is 234 Å². The number of nitrogens with one attached hydrogen (secondary N) is 1. The van der Waals surface area contributed by atoms with Gasteiger partial charge in [0.25, 0.3) is 5.56 Å². The van der Waals surface area contributed by atoms with Gasteiger partial charge in [-0.3, -0.25) is 24.3 Å². The molecule has 3 aliphatic rings. The van der Waals surface area contributed by atoms with E-state index in [1.165, 1.54) is 4.90 Å². The molecule has 0 unspecified atom stereocenters. The van der Waals surface area contributed by atoms with E-state index in [4.69, 9.17) is 28.2 Å². The van der Waals surface area contributed by atoms with Gasteiger partial charge in [-0.1, -0.05) is 67.4 Å². The second-order valence-electron chi connectivity index (χ2n) is 10.9. The van der Waals surface area contributed by atoms with Crippen molar-refractivity contribution in [2.45, 2.75) is 31.8 Å². The van der Waals surface area contributed by atoms with Crippen LogP contribution in [0, 0.1) is 17.8 Å². The van der Waals surface area contributed by atoms with E-state index in [0.29, 0.717) is 39.5 Å². The van der Waals surface area contributed by atoms with Gasteiger partial charge in [-0.2, -0.15) is 0 Å². The molecule has 0 saturated carbocycles. The highest BCUT2D eigenvalue weighted by atomic mass is 35.5. The van der Waals surface area contributed by atoms with Crippen molar-refractivity contribution in [3.63, 3.8) is 0 Å². The maximum atomic E-state index is 14.4. The van der Waals surface area contributed by atoms with Crippen molar-refractivity contribution in [1.29, 1.82) is 0 Å². The molecule has 4 heterocycles. The van der Waals surface area contributed by atoms with Crippen LogP contribution in [0.2, 0.25) is 10.0 Å². The number of halogens is 2. The summed E-state index contributed by atoms with van der Waals surface area (Å²) >= 11 is 12.4. The van der Waals surface area contributed by atoms with Crippen LogP contribution in [0.5, 0.6) is 0 Å². The van der Waals surface area contributed by atoms with Crippen LogP contribution >= 0.6 is 23.2 Å². The first-order valence-electron chi connectivity index (χ1n) is 13.0. The molecule has 2 fully saturated rings. The number of aromatic nitrogens is 2. The molecule has 1 aromatic heterocycles. The number of anilines is 1. The van der Waals surface area contributed by atoms with Crippen LogP contribution in [0.4, 0.5) is 5.69 Å². The number of hydrogen-bond acceptors (Lipinski definition) is 5. The number of nitrogens with zero attached hydrogens (tertiary/aromatic N) is 3.